The van der Waals surface area contributed by atoms with E-state index in [1.165, 1.54) is 0 Å². The van der Waals surface area contributed by atoms with Gasteiger partial charge < -0.3 is 14.3 Å². The van der Waals surface area contributed by atoms with E-state index in [2.05, 4.69) is 0 Å². The van der Waals surface area contributed by atoms with Crippen LogP contribution in [-0.2, 0) is 4.79 Å². The number of carbonyl (C=O) groups excluding carboxylic acids is 1. The van der Waals surface area contributed by atoms with Crippen molar-refractivity contribution in [2.75, 3.05) is 0 Å². The van der Waals surface area contributed by atoms with Crippen molar-refractivity contribution in [2.24, 2.45) is 0 Å². The predicted octanol–water partition coefficient (Wildman–Crippen LogP) is 6.60. The minimum Gasteiger partial charge on any atom is -0.457 e. The first-order valence-electron chi connectivity index (χ1n) is 9.43. The Morgan fingerprint density at radius 1 is 0.483 bits per heavy atom. The third-order valence-corrected chi connectivity index (χ3v) is 4.57. The van der Waals surface area contributed by atoms with Gasteiger partial charge in [-0.25, -0.2) is 0 Å². The smallest absolute Gasteiger partial charge is 0.131 e. The Hall–Kier alpha value is -3.85. The average Bonchev–Trinajstić information content (AvgIpc) is 2.78. The molecule has 0 aliphatic rings. The molecule has 4 aromatic carbocycles. The molecule has 4 aromatic rings. The van der Waals surface area contributed by atoms with E-state index >= 15 is 0 Å². The molecule has 0 N–H and O–H groups in total. The summed E-state index contributed by atoms with van der Waals surface area (Å²) in [5, 5.41) is 0. The van der Waals surface area contributed by atoms with Crippen LogP contribution in [0, 0.1) is 0 Å². The van der Waals surface area contributed by atoms with Crippen molar-refractivity contribution in [3.05, 3.63) is 120 Å². The van der Waals surface area contributed by atoms with E-state index in [0.717, 1.165) is 40.4 Å². The summed E-state index contributed by atoms with van der Waals surface area (Å²) in [4.78, 5) is 11.8. The Labute approximate surface area is 170 Å². The van der Waals surface area contributed by atoms with Crippen molar-refractivity contribution in [1.29, 1.82) is 0 Å². The lowest BCUT2D eigenvalue weighted by Crippen LogP contribution is -2.02. The lowest BCUT2D eigenvalue weighted by molar-refractivity contribution is -0.108. The number of para-hydroxylation sites is 2. The van der Waals surface area contributed by atoms with Gasteiger partial charge in [0.05, 0.1) is 5.92 Å². The lowest BCUT2D eigenvalue weighted by Gasteiger charge is -2.13. The Bertz CT molecular complexity index is 956. The van der Waals surface area contributed by atoms with Crippen LogP contribution in [0.4, 0.5) is 0 Å². The van der Waals surface area contributed by atoms with Crippen molar-refractivity contribution in [2.45, 2.75) is 5.92 Å². The van der Waals surface area contributed by atoms with Crippen LogP contribution < -0.4 is 9.47 Å². The van der Waals surface area contributed by atoms with Gasteiger partial charge in [-0.1, -0.05) is 60.7 Å². The molecule has 3 nitrogen and oxygen atoms in total. The molecule has 142 valence electrons. The fourth-order valence-corrected chi connectivity index (χ4v) is 3.09. The van der Waals surface area contributed by atoms with Crippen LogP contribution in [0.3, 0.4) is 0 Å². The lowest BCUT2D eigenvalue weighted by atomic mass is 9.92. The first-order chi connectivity index (χ1) is 14.3. The molecule has 0 fully saturated rings. The van der Waals surface area contributed by atoms with E-state index in [4.69, 9.17) is 9.47 Å². The monoisotopic (exact) mass is 380 g/mol. The quantitative estimate of drug-likeness (QED) is 0.339. The zero-order chi connectivity index (χ0) is 19.9. The maximum Gasteiger partial charge on any atom is 0.131 e. The topological polar surface area (TPSA) is 35.5 Å². The number of ether oxygens (including phenoxy) is 2. The molecule has 0 unspecified atom stereocenters. The van der Waals surface area contributed by atoms with Crippen molar-refractivity contribution in [1.82, 2.24) is 0 Å². The first kappa shape index (κ1) is 18.5. The van der Waals surface area contributed by atoms with Crippen molar-refractivity contribution in [3.63, 3.8) is 0 Å². The highest BCUT2D eigenvalue weighted by atomic mass is 16.5. The highest BCUT2D eigenvalue weighted by molar-refractivity contribution is 5.68. The summed E-state index contributed by atoms with van der Waals surface area (Å²) in [7, 11) is 0. The van der Waals surface area contributed by atoms with Gasteiger partial charge in [-0.3, -0.25) is 0 Å². The van der Waals surface area contributed by atoms with Gasteiger partial charge >= 0.3 is 0 Å². The zero-order valence-electron chi connectivity index (χ0n) is 15.8. The summed E-state index contributed by atoms with van der Waals surface area (Å²) >= 11 is 0. The third kappa shape index (κ3) is 4.71. The standard InChI is InChI=1S/C26H20O3/c27-19-26(20-11-15-24(16-12-20)28-22-7-3-1-4-8-22)21-13-17-25(18-14-21)29-23-9-5-2-6-10-23/h1-19,26H. The number of hydrogen-bond acceptors (Lipinski definition) is 3. The summed E-state index contributed by atoms with van der Waals surface area (Å²) in [5.74, 6) is 2.68. The normalized spacial score (nSPS) is 10.5. The number of carbonyl (C=O) groups is 1. The molecule has 3 heteroatoms. The molecule has 0 aromatic heterocycles. The Morgan fingerprint density at radius 2 is 0.828 bits per heavy atom. The SMILES string of the molecule is O=CC(c1ccc(Oc2ccccc2)cc1)c1ccc(Oc2ccccc2)cc1. The van der Waals surface area contributed by atoms with E-state index in [-0.39, 0.29) is 5.92 Å². The predicted molar refractivity (Wildman–Crippen MR) is 114 cm³/mol. The molecule has 4 rings (SSSR count). The van der Waals surface area contributed by atoms with Crippen molar-refractivity contribution >= 4 is 6.29 Å². The van der Waals surface area contributed by atoms with Gasteiger partial charge in [0.25, 0.3) is 0 Å². The highest BCUT2D eigenvalue weighted by Gasteiger charge is 2.14. The van der Waals surface area contributed by atoms with Gasteiger partial charge in [-0.05, 0) is 59.7 Å². The van der Waals surface area contributed by atoms with Gasteiger partial charge in [0.15, 0.2) is 0 Å². The zero-order valence-corrected chi connectivity index (χ0v) is 15.8. The summed E-state index contributed by atoms with van der Waals surface area (Å²) < 4.78 is 11.6. The minimum absolute atomic E-state index is 0.341. The second kappa shape index (κ2) is 8.89. The molecule has 0 aliphatic carbocycles. The Balaban J connectivity index is 1.47. The maximum absolute atomic E-state index is 11.8. The fraction of sp³-hybridized carbons (Fsp3) is 0.0385. The Kier molecular flexibility index (Phi) is 5.68. The van der Waals surface area contributed by atoms with E-state index in [1.807, 2.05) is 109 Å². The molecular weight excluding hydrogens is 360 g/mol. The van der Waals surface area contributed by atoms with Gasteiger partial charge in [-0.15, -0.1) is 0 Å². The molecule has 0 bridgehead atoms. The molecular formula is C26H20O3. The molecule has 29 heavy (non-hydrogen) atoms. The van der Waals surface area contributed by atoms with Gasteiger partial charge in [-0.2, -0.15) is 0 Å². The van der Waals surface area contributed by atoms with Crippen LogP contribution in [0.15, 0.2) is 109 Å². The molecule has 0 spiro atoms. The summed E-state index contributed by atoms with van der Waals surface area (Å²) in [5.41, 5.74) is 1.83. The third-order valence-electron chi connectivity index (χ3n) is 4.57. The number of rotatable bonds is 7. The van der Waals surface area contributed by atoms with Gasteiger partial charge in [0.1, 0.15) is 29.3 Å². The fourth-order valence-electron chi connectivity index (χ4n) is 3.09. The largest absolute Gasteiger partial charge is 0.457 e. The van der Waals surface area contributed by atoms with Gasteiger partial charge in [0, 0.05) is 0 Å². The number of hydrogen-bond donors (Lipinski definition) is 0. The van der Waals surface area contributed by atoms with Crippen LogP contribution in [0.5, 0.6) is 23.0 Å². The summed E-state index contributed by atoms with van der Waals surface area (Å²) in [6.45, 7) is 0. The van der Waals surface area contributed by atoms with Crippen LogP contribution in [0.2, 0.25) is 0 Å². The molecule has 0 heterocycles. The minimum atomic E-state index is -0.341. The average molecular weight is 380 g/mol. The molecule has 0 saturated heterocycles. The highest BCUT2D eigenvalue weighted by Crippen LogP contribution is 2.29. The van der Waals surface area contributed by atoms with Crippen LogP contribution in [0.25, 0.3) is 0 Å². The molecule has 0 aliphatic heterocycles. The summed E-state index contributed by atoms with van der Waals surface area (Å²) in [6.07, 6.45) is 0.958. The Morgan fingerprint density at radius 3 is 1.17 bits per heavy atom. The van der Waals surface area contributed by atoms with E-state index < -0.39 is 0 Å². The number of benzene rings is 4. The first-order valence-corrected chi connectivity index (χ1v) is 9.43. The van der Waals surface area contributed by atoms with Crippen molar-refractivity contribution < 1.29 is 14.3 Å². The molecule has 0 saturated carbocycles. The molecule has 0 amide bonds. The number of aldehydes is 1. The molecule has 0 radical (unpaired) electrons. The maximum atomic E-state index is 11.8. The van der Waals surface area contributed by atoms with Crippen molar-refractivity contribution in [3.8, 4) is 23.0 Å². The van der Waals surface area contributed by atoms with Crippen LogP contribution in [-0.4, -0.2) is 6.29 Å². The van der Waals surface area contributed by atoms with Crippen LogP contribution in [0.1, 0.15) is 17.0 Å². The van der Waals surface area contributed by atoms with E-state index in [0.29, 0.717) is 0 Å². The second-order valence-corrected chi connectivity index (χ2v) is 6.58. The molecule has 0 atom stereocenters. The van der Waals surface area contributed by atoms with E-state index in [1.54, 1.807) is 0 Å². The van der Waals surface area contributed by atoms with Crippen LogP contribution >= 0.6 is 0 Å². The summed E-state index contributed by atoms with van der Waals surface area (Å²) in [6, 6.07) is 34.4. The second-order valence-electron chi connectivity index (χ2n) is 6.58. The van der Waals surface area contributed by atoms with E-state index in [9.17, 15) is 4.79 Å². The van der Waals surface area contributed by atoms with Gasteiger partial charge in [0.2, 0.25) is 0 Å².